The number of halogens is 1. The van der Waals surface area contributed by atoms with Crippen LogP contribution in [0.4, 0.5) is 11.4 Å². The number of nitrogens with one attached hydrogen (secondary N) is 1. The second kappa shape index (κ2) is 13.6. The highest BCUT2D eigenvalue weighted by molar-refractivity contribution is 6.30. The Balaban J connectivity index is 1.23. The maximum Gasteiger partial charge on any atom is 0.265 e. The first kappa shape index (κ1) is 27.1. The molecule has 1 N–H and O–H groups in total. The summed E-state index contributed by atoms with van der Waals surface area (Å²) in [7, 11) is 1.61. The van der Waals surface area contributed by atoms with Crippen LogP contribution in [0.5, 0.6) is 23.0 Å². The number of unbranched alkanes of at least 4 members (excludes halogenated alkanes) is 1. The molecule has 1 aliphatic heterocycles. The first-order valence-corrected chi connectivity index (χ1v) is 12.9. The van der Waals surface area contributed by atoms with Gasteiger partial charge in [0.25, 0.3) is 5.91 Å². The van der Waals surface area contributed by atoms with Crippen LogP contribution >= 0.6 is 11.6 Å². The van der Waals surface area contributed by atoms with E-state index in [2.05, 4.69) is 5.32 Å². The fourth-order valence-electron chi connectivity index (χ4n) is 3.94. The molecule has 0 fully saturated rings. The first-order valence-electron chi connectivity index (χ1n) is 12.5. The molecule has 3 aromatic rings. The molecule has 0 spiro atoms. The largest absolute Gasteiger partial charge is 0.497 e. The van der Waals surface area contributed by atoms with Crippen molar-refractivity contribution in [3.8, 4) is 23.0 Å². The number of ether oxygens (including phenoxy) is 4. The number of rotatable bonds is 13. The van der Waals surface area contributed by atoms with E-state index in [9.17, 15) is 9.59 Å². The van der Waals surface area contributed by atoms with Crippen LogP contribution in [0.1, 0.15) is 25.7 Å². The summed E-state index contributed by atoms with van der Waals surface area (Å²) in [5, 5.41) is 3.57. The Morgan fingerprint density at radius 2 is 1.58 bits per heavy atom. The topological polar surface area (TPSA) is 86.3 Å². The van der Waals surface area contributed by atoms with Crippen molar-refractivity contribution in [1.82, 2.24) is 0 Å². The van der Waals surface area contributed by atoms with Crippen LogP contribution < -0.4 is 29.2 Å². The standard InChI is InChI=1S/C29H31ClN2O6/c1-35-23-11-13-25(14-12-23)37-18-4-5-28(33)31-22-8-15-27-26(19-22)32(29(34)20-38-27)16-2-3-17-36-24-9-6-21(30)7-10-24/h6-15,19H,2-5,16-18,20H2,1H3,(H,31,33). The van der Waals surface area contributed by atoms with Crippen LogP contribution in [0.2, 0.25) is 5.02 Å². The Hall–Kier alpha value is -3.91. The Morgan fingerprint density at radius 3 is 2.29 bits per heavy atom. The number of fused-ring (bicyclic) bond motifs is 1. The summed E-state index contributed by atoms with van der Waals surface area (Å²) < 4.78 is 22.1. The van der Waals surface area contributed by atoms with Gasteiger partial charge < -0.3 is 29.2 Å². The van der Waals surface area contributed by atoms with E-state index in [1.165, 1.54) is 0 Å². The van der Waals surface area contributed by atoms with Gasteiger partial charge in [-0.25, -0.2) is 0 Å². The lowest BCUT2D eigenvalue weighted by molar-refractivity contribution is -0.121. The van der Waals surface area contributed by atoms with Gasteiger partial charge in [-0.2, -0.15) is 0 Å². The molecule has 38 heavy (non-hydrogen) atoms. The lowest BCUT2D eigenvalue weighted by Gasteiger charge is -2.30. The van der Waals surface area contributed by atoms with Gasteiger partial charge in [0.2, 0.25) is 5.91 Å². The highest BCUT2D eigenvalue weighted by atomic mass is 35.5. The van der Waals surface area contributed by atoms with E-state index in [4.69, 9.17) is 30.5 Å². The van der Waals surface area contributed by atoms with Crippen molar-refractivity contribution in [3.63, 3.8) is 0 Å². The van der Waals surface area contributed by atoms with Gasteiger partial charge in [0.1, 0.15) is 23.0 Å². The number of hydrogen-bond donors (Lipinski definition) is 1. The highest BCUT2D eigenvalue weighted by Gasteiger charge is 2.25. The number of carbonyl (C=O) groups excluding carboxylic acids is 2. The van der Waals surface area contributed by atoms with Gasteiger partial charge in [-0.1, -0.05) is 11.6 Å². The molecule has 9 heteroatoms. The summed E-state index contributed by atoms with van der Waals surface area (Å²) in [6.45, 7) is 1.47. The van der Waals surface area contributed by atoms with Crippen LogP contribution in [0.3, 0.4) is 0 Å². The second-order valence-corrected chi connectivity index (χ2v) is 9.14. The minimum Gasteiger partial charge on any atom is -0.497 e. The molecule has 0 bridgehead atoms. The molecule has 1 heterocycles. The third kappa shape index (κ3) is 7.79. The van der Waals surface area contributed by atoms with Crippen LogP contribution in [0, 0.1) is 0 Å². The molecular weight excluding hydrogens is 508 g/mol. The van der Waals surface area contributed by atoms with Crippen molar-refractivity contribution in [2.45, 2.75) is 25.7 Å². The number of hydrogen-bond acceptors (Lipinski definition) is 6. The van der Waals surface area contributed by atoms with Gasteiger partial charge in [0.05, 0.1) is 26.0 Å². The third-order valence-corrected chi connectivity index (χ3v) is 6.17. The van der Waals surface area contributed by atoms with Gasteiger partial charge in [-0.05, 0) is 86.0 Å². The second-order valence-electron chi connectivity index (χ2n) is 8.70. The average molecular weight is 539 g/mol. The van der Waals surface area contributed by atoms with Gasteiger partial charge in [0, 0.05) is 23.7 Å². The predicted molar refractivity (Wildman–Crippen MR) is 147 cm³/mol. The Bertz CT molecular complexity index is 1220. The molecule has 0 saturated heterocycles. The number of benzene rings is 3. The third-order valence-electron chi connectivity index (χ3n) is 5.92. The van der Waals surface area contributed by atoms with Crippen molar-refractivity contribution in [1.29, 1.82) is 0 Å². The predicted octanol–water partition coefficient (Wildman–Crippen LogP) is 5.73. The monoisotopic (exact) mass is 538 g/mol. The quantitative estimate of drug-likeness (QED) is 0.280. The lowest BCUT2D eigenvalue weighted by atomic mass is 10.2. The molecule has 4 rings (SSSR count). The maximum atomic E-state index is 12.6. The molecule has 0 aliphatic carbocycles. The van der Waals surface area contributed by atoms with Crippen molar-refractivity contribution >= 4 is 34.8 Å². The van der Waals surface area contributed by atoms with Crippen molar-refractivity contribution in [2.75, 3.05) is 43.7 Å². The Kier molecular flexibility index (Phi) is 9.70. The lowest BCUT2D eigenvalue weighted by Crippen LogP contribution is -2.39. The fourth-order valence-corrected chi connectivity index (χ4v) is 4.06. The van der Waals surface area contributed by atoms with Gasteiger partial charge in [0.15, 0.2) is 6.61 Å². The van der Waals surface area contributed by atoms with E-state index in [1.807, 2.05) is 36.4 Å². The van der Waals surface area contributed by atoms with Crippen molar-refractivity contribution < 1.29 is 28.5 Å². The Morgan fingerprint density at radius 1 is 0.921 bits per heavy atom. The van der Waals surface area contributed by atoms with Gasteiger partial charge in [-0.15, -0.1) is 0 Å². The summed E-state index contributed by atoms with van der Waals surface area (Å²) in [5.74, 6) is 2.62. The van der Waals surface area contributed by atoms with E-state index in [1.54, 1.807) is 42.3 Å². The van der Waals surface area contributed by atoms with Gasteiger partial charge >= 0.3 is 0 Å². The molecule has 8 nitrogen and oxygen atoms in total. The SMILES string of the molecule is COc1ccc(OCCCC(=O)Nc2ccc3c(c2)N(CCCCOc2ccc(Cl)cc2)C(=O)CO3)cc1. The van der Waals surface area contributed by atoms with Crippen LogP contribution in [0.15, 0.2) is 66.7 Å². The van der Waals surface area contributed by atoms with E-state index < -0.39 is 0 Å². The molecule has 2 amide bonds. The molecule has 3 aromatic carbocycles. The van der Waals surface area contributed by atoms with E-state index in [0.29, 0.717) is 54.7 Å². The zero-order valence-corrected chi connectivity index (χ0v) is 22.0. The number of nitrogens with zero attached hydrogens (tertiary/aromatic N) is 1. The van der Waals surface area contributed by atoms with E-state index in [-0.39, 0.29) is 18.4 Å². The average Bonchev–Trinajstić information content (AvgIpc) is 2.93. The summed E-state index contributed by atoms with van der Waals surface area (Å²) in [6, 6.07) is 19.9. The van der Waals surface area contributed by atoms with Crippen molar-refractivity contribution in [3.05, 3.63) is 71.8 Å². The van der Waals surface area contributed by atoms with E-state index >= 15 is 0 Å². The Labute approximate surface area is 227 Å². The van der Waals surface area contributed by atoms with Crippen LogP contribution in [0.25, 0.3) is 0 Å². The van der Waals surface area contributed by atoms with Crippen LogP contribution in [-0.4, -0.2) is 45.3 Å². The van der Waals surface area contributed by atoms with Crippen molar-refractivity contribution in [2.24, 2.45) is 0 Å². The molecule has 0 saturated carbocycles. The van der Waals surface area contributed by atoms with Gasteiger partial charge in [-0.3, -0.25) is 9.59 Å². The molecule has 0 unspecified atom stereocenters. The minimum absolute atomic E-state index is 0.00578. The maximum absolute atomic E-state index is 12.6. The molecule has 1 aliphatic rings. The molecule has 0 radical (unpaired) electrons. The molecule has 200 valence electrons. The summed E-state index contributed by atoms with van der Waals surface area (Å²) >= 11 is 5.90. The highest BCUT2D eigenvalue weighted by Crippen LogP contribution is 2.35. The smallest absolute Gasteiger partial charge is 0.265 e. The van der Waals surface area contributed by atoms with Crippen LogP contribution in [-0.2, 0) is 9.59 Å². The fraction of sp³-hybridized carbons (Fsp3) is 0.310. The number of methoxy groups -OCH3 is 1. The first-order chi connectivity index (χ1) is 18.5. The van der Waals surface area contributed by atoms with E-state index in [0.717, 1.165) is 30.1 Å². The number of carbonyl (C=O) groups is 2. The zero-order chi connectivity index (χ0) is 26.7. The zero-order valence-electron chi connectivity index (χ0n) is 21.3. The normalized spacial score (nSPS) is 12.4. The number of anilines is 2. The molecular formula is C29H31ClN2O6. The minimum atomic E-state index is -0.128. The summed E-state index contributed by atoms with van der Waals surface area (Å²) in [5.41, 5.74) is 1.26. The molecule has 0 atom stereocenters. The summed E-state index contributed by atoms with van der Waals surface area (Å²) in [6.07, 6.45) is 2.40. The number of amides is 2. The molecule has 0 aromatic heterocycles. The summed E-state index contributed by atoms with van der Waals surface area (Å²) in [4.78, 5) is 26.8.